The van der Waals surface area contributed by atoms with Gasteiger partial charge in [-0.15, -0.1) is 0 Å². The van der Waals surface area contributed by atoms with Gasteiger partial charge in [0.2, 0.25) is 0 Å². The Morgan fingerprint density at radius 1 is 1.60 bits per heavy atom. The van der Waals surface area contributed by atoms with E-state index in [1.54, 1.807) is 6.92 Å². The Kier molecular flexibility index (Phi) is 3.65. The van der Waals surface area contributed by atoms with Crippen LogP contribution in [-0.4, -0.2) is 53.6 Å². The lowest BCUT2D eigenvalue weighted by Gasteiger charge is -2.18. The van der Waals surface area contributed by atoms with Gasteiger partial charge in [0.1, 0.15) is 0 Å². The summed E-state index contributed by atoms with van der Waals surface area (Å²) in [5.41, 5.74) is 4.32. The molecule has 1 heterocycles. The summed E-state index contributed by atoms with van der Waals surface area (Å²) >= 11 is 0. The Bertz CT molecular complexity index is 265. The van der Waals surface area contributed by atoms with Gasteiger partial charge in [0, 0.05) is 26.2 Å². The minimum atomic E-state index is -0.871. The van der Waals surface area contributed by atoms with Crippen LogP contribution < -0.4 is 11.1 Å². The molecule has 0 saturated carbocycles. The topological polar surface area (TPSA) is 95.7 Å². The largest absolute Gasteiger partial charge is 0.388 e. The quantitative estimate of drug-likeness (QED) is 0.466. The molecule has 1 unspecified atom stereocenters. The predicted molar refractivity (Wildman–Crippen MR) is 53.9 cm³/mol. The molecule has 4 N–H and O–H groups in total. The molecule has 1 rings (SSSR count). The van der Waals surface area contributed by atoms with Crippen LogP contribution in [0.4, 0.5) is 0 Å². The molecule has 0 radical (unpaired) electrons. The van der Waals surface area contributed by atoms with E-state index in [1.807, 2.05) is 0 Å². The lowest BCUT2D eigenvalue weighted by atomic mass is 10.1. The van der Waals surface area contributed by atoms with Crippen LogP contribution in [0.3, 0.4) is 0 Å². The van der Waals surface area contributed by atoms with Gasteiger partial charge in [-0.1, -0.05) is 0 Å². The van der Waals surface area contributed by atoms with Crippen LogP contribution in [0.25, 0.3) is 0 Å². The van der Waals surface area contributed by atoms with Gasteiger partial charge in [-0.05, 0) is 13.3 Å². The van der Waals surface area contributed by atoms with E-state index >= 15 is 0 Å². The zero-order valence-corrected chi connectivity index (χ0v) is 8.82. The van der Waals surface area contributed by atoms with Crippen molar-refractivity contribution in [2.75, 3.05) is 26.2 Å². The van der Waals surface area contributed by atoms with E-state index in [0.717, 1.165) is 0 Å². The number of hydrogen-bond acceptors (Lipinski definition) is 4. The molecule has 2 amide bonds. The van der Waals surface area contributed by atoms with E-state index in [0.29, 0.717) is 19.5 Å². The lowest BCUT2D eigenvalue weighted by molar-refractivity contribution is -0.145. The molecule has 6 heteroatoms. The highest BCUT2D eigenvalue weighted by Gasteiger charge is 2.35. The first kappa shape index (κ1) is 11.9. The third kappa shape index (κ3) is 3.17. The second kappa shape index (κ2) is 4.59. The Balaban J connectivity index is 2.44. The average molecular weight is 215 g/mol. The normalized spacial score (nSPS) is 25.4. The molecule has 0 aromatic heterocycles. The number of aliphatic hydroxyl groups is 1. The van der Waals surface area contributed by atoms with E-state index in [4.69, 9.17) is 5.73 Å². The second-order valence-electron chi connectivity index (χ2n) is 4.02. The average Bonchev–Trinajstić information content (AvgIpc) is 2.54. The van der Waals surface area contributed by atoms with Crippen LogP contribution in [0.2, 0.25) is 0 Å². The summed E-state index contributed by atoms with van der Waals surface area (Å²) in [6, 6.07) is 0. The van der Waals surface area contributed by atoms with Gasteiger partial charge in [-0.3, -0.25) is 9.59 Å². The highest BCUT2D eigenvalue weighted by Crippen LogP contribution is 2.19. The molecule has 86 valence electrons. The monoisotopic (exact) mass is 215 g/mol. The summed E-state index contributed by atoms with van der Waals surface area (Å²) < 4.78 is 0. The smallest absolute Gasteiger partial charge is 0.311 e. The molecule has 6 nitrogen and oxygen atoms in total. The lowest BCUT2D eigenvalue weighted by Crippen LogP contribution is -2.44. The molecule has 0 bridgehead atoms. The maximum absolute atomic E-state index is 11.5. The van der Waals surface area contributed by atoms with Crippen molar-refractivity contribution < 1.29 is 14.7 Å². The third-order valence-electron chi connectivity index (χ3n) is 2.36. The van der Waals surface area contributed by atoms with Gasteiger partial charge >= 0.3 is 11.8 Å². The fraction of sp³-hybridized carbons (Fsp3) is 0.778. The standard InChI is InChI=1S/C9H17N3O3/c1-9(15)2-5-12(6-9)8(14)7(13)11-4-3-10/h15H,2-6,10H2,1H3,(H,11,13). The van der Waals surface area contributed by atoms with Gasteiger partial charge in [-0.25, -0.2) is 0 Å². The highest BCUT2D eigenvalue weighted by atomic mass is 16.3. The number of carbonyl (C=O) groups excluding carboxylic acids is 2. The van der Waals surface area contributed by atoms with Gasteiger partial charge in [0.05, 0.1) is 5.60 Å². The van der Waals surface area contributed by atoms with Crippen molar-refractivity contribution in [1.82, 2.24) is 10.2 Å². The molecule has 15 heavy (non-hydrogen) atoms. The summed E-state index contributed by atoms with van der Waals surface area (Å²) in [5.74, 6) is -1.25. The number of nitrogens with one attached hydrogen (secondary N) is 1. The van der Waals surface area contributed by atoms with Crippen LogP contribution in [0.5, 0.6) is 0 Å². The molecular weight excluding hydrogens is 198 g/mol. The SMILES string of the molecule is CC1(O)CCN(C(=O)C(=O)NCCN)C1. The van der Waals surface area contributed by atoms with Crippen molar-refractivity contribution in [1.29, 1.82) is 0 Å². The molecule has 1 aliphatic rings. The summed E-state index contributed by atoms with van der Waals surface area (Å²) in [6.07, 6.45) is 0.503. The number of likely N-dealkylation sites (tertiary alicyclic amines) is 1. The van der Waals surface area contributed by atoms with Crippen molar-refractivity contribution in [3.05, 3.63) is 0 Å². The fourth-order valence-electron chi connectivity index (χ4n) is 1.52. The predicted octanol–water partition coefficient (Wildman–Crippen LogP) is -1.96. The van der Waals surface area contributed by atoms with Crippen molar-refractivity contribution in [2.45, 2.75) is 18.9 Å². The highest BCUT2D eigenvalue weighted by molar-refractivity contribution is 6.35. The molecule has 0 spiro atoms. The van der Waals surface area contributed by atoms with E-state index in [9.17, 15) is 14.7 Å². The minimum absolute atomic E-state index is 0.210. The minimum Gasteiger partial charge on any atom is -0.388 e. The summed E-state index contributed by atoms with van der Waals surface area (Å²) in [5, 5.41) is 12.0. The number of nitrogens with two attached hydrogens (primary N) is 1. The number of nitrogens with zero attached hydrogens (tertiary/aromatic N) is 1. The van der Waals surface area contributed by atoms with Gasteiger partial charge in [0.25, 0.3) is 0 Å². The van der Waals surface area contributed by atoms with Crippen LogP contribution in [0.1, 0.15) is 13.3 Å². The van der Waals surface area contributed by atoms with Crippen molar-refractivity contribution in [2.24, 2.45) is 5.73 Å². The molecular formula is C9H17N3O3. The van der Waals surface area contributed by atoms with Gasteiger partial charge in [0.15, 0.2) is 0 Å². The van der Waals surface area contributed by atoms with Gasteiger partial charge in [-0.2, -0.15) is 0 Å². The first-order valence-electron chi connectivity index (χ1n) is 4.96. The van der Waals surface area contributed by atoms with Crippen LogP contribution in [0, 0.1) is 0 Å². The van der Waals surface area contributed by atoms with Gasteiger partial charge < -0.3 is 21.1 Å². The van der Waals surface area contributed by atoms with E-state index in [2.05, 4.69) is 5.32 Å². The second-order valence-corrected chi connectivity index (χ2v) is 4.02. The summed E-state index contributed by atoms with van der Waals surface area (Å²) in [4.78, 5) is 24.1. The number of hydrogen-bond donors (Lipinski definition) is 3. The van der Waals surface area contributed by atoms with Crippen LogP contribution >= 0.6 is 0 Å². The van der Waals surface area contributed by atoms with Crippen LogP contribution in [0.15, 0.2) is 0 Å². The fourth-order valence-corrected chi connectivity index (χ4v) is 1.52. The molecule has 0 aromatic carbocycles. The Labute approximate surface area is 88.4 Å². The molecule has 0 aromatic rings. The Morgan fingerprint density at radius 3 is 2.73 bits per heavy atom. The summed E-state index contributed by atoms with van der Waals surface area (Å²) in [6.45, 7) is 2.87. The first-order valence-corrected chi connectivity index (χ1v) is 4.96. The van der Waals surface area contributed by atoms with E-state index in [1.165, 1.54) is 4.90 Å². The molecule has 1 aliphatic heterocycles. The molecule has 1 atom stereocenters. The number of amides is 2. The number of β-amino-alcohol motifs (C(OH)–C–C–N with tert-alkyl or cyclic N) is 1. The zero-order chi connectivity index (χ0) is 11.5. The Hall–Kier alpha value is -1.14. The maximum Gasteiger partial charge on any atom is 0.311 e. The molecule has 1 fully saturated rings. The Morgan fingerprint density at radius 2 is 2.27 bits per heavy atom. The van der Waals surface area contributed by atoms with Crippen molar-refractivity contribution in [3.8, 4) is 0 Å². The summed E-state index contributed by atoms with van der Waals surface area (Å²) in [7, 11) is 0. The molecule has 1 saturated heterocycles. The van der Waals surface area contributed by atoms with Crippen LogP contribution in [-0.2, 0) is 9.59 Å². The number of carbonyl (C=O) groups is 2. The van der Waals surface area contributed by atoms with Crippen molar-refractivity contribution >= 4 is 11.8 Å². The number of rotatable bonds is 2. The first-order chi connectivity index (χ1) is 6.96. The maximum atomic E-state index is 11.5. The zero-order valence-electron chi connectivity index (χ0n) is 8.82. The van der Waals surface area contributed by atoms with E-state index in [-0.39, 0.29) is 13.1 Å². The van der Waals surface area contributed by atoms with E-state index < -0.39 is 17.4 Å². The third-order valence-corrected chi connectivity index (χ3v) is 2.36. The molecule has 0 aliphatic carbocycles. The van der Waals surface area contributed by atoms with Crippen molar-refractivity contribution in [3.63, 3.8) is 0 Å².